The third-order valence-electron chi connectivity index (χ3n) is 6.62. The summed E-state index contributed by atoms with van der Waals surface area (Å²) in [5.41, 5.74) is 4.54. The number of hydrogen-bond acceptors (Lipinski definition) is 3. The van der Waals surface area contributed by atoms with Gasteiger partial charge in [0.1, 0.15) is 5.82 Å². The Morgan fingerprint density at radius 2 is 1.72 bits per heavy atom. The van der Waals surface area contributed by atoms with E-state index < -0.39 is 0 Å². The number of ketones is 1. The van der Waals surface area contributed by atoms with Gasteiger partial charge in [-0.15, -0.1) is 0 Å². The molecular weight excluding hydrogens is 401 g/mol. The Labute approximate surface area is 190 Å². The molecule has 1 aliphatic rings. The first-order valence-electron chi connectivity index (χ1n) is 11.9. The van der Waals surface area contributed by atoms with E-state index in [1.54, 1.807) is 19.1 Å². The van der Waals surface area contributed by atoms with Crippen molar-refractivity contribution in [1.29, 1.82) is 0 Å². The van der Waals surface area contributed by atoms with E-state index in [9.17, 15) is 9.18 Å². The van der Waals surface area contributed by atoms with Gasteiger partial charge in [-0.3, -0.25) is 9.69 Å². The number of rotatable bonds is 8. The van der Waals surface area contributed by atoms with Crippen molar-refractivity contribution in [3.8, 4) is 0 Å². The minimum absolute atomic E-state index is 0.135. The van der Waals surface area contributed by atoms with Crippen LogP contribution < -0.4 is 0 Å². The first kappa shape index (κ1) is 22.7. The van der Waals surface area contributed by atoms with Crippen molar-refractivity contribution >= 4 is 16.7 Å². The van der Waals surface area contributed by atoms with Gasteiger partial charge >= 0.3 is 0 Å². The van der Waals surface area contributed by atoms with Crippen LogP contribution in [0.2, 0.25) is 0 Å². The van der Waals surface area contributed by atoms with Crippen LogP contribution in [0.4, 0.5) is 4.39 Å². The fourth-order valence-electron chi connectivity index (χ4n) is 4.90. The predicted octanol–water partition coefficient (Wildman–Crippen LogP) is 5.14. The maximum absolute atomic E-state index is 13.2. The van der Waals surface area contributed by atoms with Crippen molar-refractivity contribution in [2.45, 2.75) is 46.2 Å². The molecule has 1 saturated heterocycles. The Bertz CT molecular complexity index is 1060. The lowest BCUT2D eigenvalue weighted by atomic mass is 10.1. The molecule has 0 unspecified atom stereocenters. The number of aryl methyl sites for hydroxylation is 2. The van der Waals surface area contributed by atoms with Gasteiger partial charge in [0.2, 0.25) is 0 Å². The first-order valence-corrected chi connectivity index (χ1v) is 11.9. The standard InChI is InChI=1S/C27H34FN3O/c1-3-23-7-4-8-25-26(21(2)32)20-31(27(23)25)16-6-14-29-13-5-15-30(18-17-29)19-22-9-11-24(28)12-10-22/h4,7-12,20H,3,5-6,13-19H2,1-2H3. The molecule has 0 bridgehead atoms. The maximum atomic E-state index is 13.2. The van der Waals surface area contributed by atoms with Crippen LogP contribution >= 0.6 is 0 Å². The average molecular weight is 436 g/mol. The smallest absolute Gasteiger partial charge is 0.161 e. The molecule has 1 fully saturated rings. The van der Waals surface area contributed by atoms with Gasteiger partial charge in [-0.25, -0.2) is 4.39 Å². The molecule has 0 radical (unpaired) electrons. The van der Waals surface area contributed by atoms with E-state index >= 15 is 0 Å². The monoisotopic (exact) mass is 435 g/mol. The number of aromatic nitrogens is 1. The number of hydrogen-bond donors (Lipinski definition) is 0. The molecule has 0 aliphatic carbocycles. The zero-order valence-corrected chi connectivity index (χ0v) is 19.3. The van der Waals surface area contributed by atoms with Gasteiger partial charge in [0.05, 0.1) is 5.52 Å². The molecule has 0 amide bonds. The summed E-state index contributed by atoms with van der Waals surface area (Å²) in [6.45, 7) is 11.0. The third kappa shape index (κ3) is 5.28. The minimum Gasteiger partial charge on any atom is -0.346 e. The Kier molecular flexibility index (Phi) is 7.38. The Morgan fingerprint density at radius 3 is 2.47 bits per heavy atom. The second-order valence-corrected chi connectivity index (χ2v) is 8.91. The molecule has 1 aliphatic heterocycles. The zero-order valence-electron chi connectivity index (χ0n) is 19.3. The fourth-order valence-corrected chi connectivity index (χ4v) is 4.90. The zero-order chi connectivity index (χ0) is 22.5. The summed E-state index contributed by atoms with van der Waals surface area (Å²) in [6, 6.07) is 13.2. The third-order valence-corrected chi connectivity index (χ3v) is 6.62. The molecule has 32 heavy (non-hydrogen) atoms. The summed E-state index contributed by atoms with van der Waals surface area (Å²) in [5.74, 6) is -0.0384. The van der Waals surface area contributed by atoms with Crippen molar-refractivity contribution in [1.82, 2.24) is 14.4 Å². The van der Waals surface area contributed by atoms with Gasteiger partial charge in [-0.1, -0.05) is 37.3 Å². The van der Waals surface area contributed by atoms with Gasteiger partial charge < -0.3 is 9.47 Å². The van der Waals surface area contributed by atoms with Crippen molar-refractivity contribution in [2.24, 2.45) is 0 Å². The normalized spacial score (nSPS) is 15.8. The Balaban J connectivity index is 1.34. The first-order chi connectivity index (χ1) is 15.5. The van der Waals surface area contributed by atoms with E-state index in [4.69, 9.17) is 0 Å². The van der Waals surface area contributed by atoms with Crippen LogP contribution in [-0.4, -0.2) is 52.9 Å². The van der Waals surface area contributed by atoms with Crippen LogP contribution in [0.3, 0.4) is 0 Å². The van der Waals surface area contributed by atoms with Crippen LogP contribution in [-0.2, 0) is 19.5 Å². The number of Topliss-reactive ketones (excluding diaryl/α,β-unsaturated/α-hetero) is 1. The van der Waals surface area contributed by atoms with Gasteiger partial charge in [0.25, 0.3) is 0 Å². The van der Waals surface area contributed by atoms with Crippen LogP contribution in [0.25, 0.3) is 10.9 Å². The average Bonchev–Trinajstić information content (AvgIpc) is 3.03. The van der Waals surface area contributed by atoms with Gasteiger partial charge in [0.15, 0.2) is 5.78 Å². The Hall–Kier alpha value is -2.50. The number of fused-ring (bicyclic) bond motifs is 1. The Morgan fingerprint density at radius 1 is 0.969 bits per heavy atom. The number of carbonyl (C=O) groups is 1. The van der Waals surface area contributed by atoms with E-state index in [2.05, 4.69) is 45.7 Å². The number of para-hydroxylation sites is 1. The minimum atomic E-state index is -0.173. The van der Waals surface area contributed by atoms with Crippen LogP contribution in [0.5, 0.6) is 0 Å². The fraction of sp³-hybridized carbons (Fsp3) is 0.444. The summed E-state index contributed by atoms with van der Waals surface area (Å²) in [5, 5.41) is 1.09. The molecular formula is C27H34FN3O. The molecule has 4 rings (SSSR count). The van der Waals surface area contributed by atoms with E-state index in [0.29, 0.717) is 0 Å². The molecule has 0 N–H and O–H groups in total. The summed E-state index contributed by atoms with van der Waals surface area (Å²) in [6.07, 6.45) is 5.24. The van der Waals surface area contributed by atoms with E-state index in [0.717, 1.165) is 76.0 Å². The highest BCUT2D eigenvalue weighted by molar-refractivity contribution is 6.07. The van der Waals surface area contributed by atoms with Crippen molar-refractivity contribution in [2.75, 3.05) is 32.7 Å². The highest BCUT2D eigenvalue weighted by Gasteiger charge is 2.17. The summed E-state index contributed by atoms with van der Waals surface area (Å²) in [4.78, 5) is 17.2. The molecule has 170 valence electrons. The molecule has 1 aromatic heterocycles. The van der Waals surface area contributed by atoms with Crippen LogP contribution in [0.1, 0.15) is 48.2 Å². The molecule has 5 heteroatoms. The lowest BCUT2D eigenvalue weighted by molar-refractivity contribution is 0.101. The molecule has 4 nitrogen and oxygen atoms in total. The van der Waals surface area contributed by atoms with E-state index in [1.807, 2.05) is 12.1 Å². The SMILES string of the molecule is CCc1cccc2c(C(C)=O)cn(CCCN3CCCN(Cc4ccc(F)cc4)CC3)c12. The maximum Gasteiger partial charge on any atom is 0.161 e. The highest BCUT2D eigenvalue weighted by atomic mass is 19.1. The number of halogens is 1. The predicted molar refractivity (Wildman–Crippen MR) is 129 cm³/mol. The quantitative estimate of drug-likeness (QED) is 0.459. The van der Waals surface area contributed by atoms with Crippen molar-refractivity contribution in [3.05, 3.63) is 71.2 Å². The highest BCUT2D eigenvalue weighted by Crippen LogP contribution is 2.26. The number of carbonyl (C=O) groups excluding carboxylic acids is 1. The largest absolute Gasteiger partial charge is 0.346 e. The molecule has 0 saturated carbocycles. The van der Waals surface area contributed by atoms with E-state index in [1.165, 1.54) is 16.6 Å². The second-order valence-electron chi connectivity index (χ2n) is 8.91. The van der Waals surface area contributed by atoms with Crippen LogP contribution in [0, 0.1) is 5.82 Å². The van der Waals surface area contributed by atoms with Crippen molar-refractivity contribution < 1.29 is 9.18 Å². The summed E-state index contributed by atoms with van der Waals surface area (Å²) in [7, 11) is 0. The van der Waals surface area contributed by atoms with Crippen LogP contribution in [0.15, 0.2) is 48.7 Å². The molecule has 0 atom stereocenters. The van der Waals surface area contributed by atoms with Gasteiger partial charge in [-0.05, 0) is 69.1 Å². The molecule has 2 aromatic carbocycles. The lowest BCUT2D eigenvalue weighted by Crippen LogP contribution is -2.31. The summed E-state index contributed by atoms with van der Waals surface area (Å²) < 4.78 is 15.4. The topological polar surface area (TPSA) is 28.5 Å². The number of nitrogens with zero attached hydrogens (tertiary/aromatic N) is 3. The van der Waals surface area contributed by atoms with E-state index in [-0.39, 0.29) is 11.6 Å². The van der Waals surface area contributed by atoms with Gasteiger partial charge in [-0.2, -0.15) is 0 Å². The van der Waals surface area contributed by atoms with Crippen molar-refractivity contribution in [3.63, 3.8) is 0 Å². The van der Waals surface area contributed by atoms with Gasteiger partial charge in [0, 0.05) is 43.3 Å². The number of benzene rings is 2. The second kappa shape index (κ2) is 10.4. The molecule has 0 spiro atoms. The lowest BCUT2D eigenvalue weighted by Gasteiger charge is -2.22. The molecule has 2 heterocycles. The molecule has 3 aromatic rings. The summed E-state index contributed by atoms with van der Waals surface area (Å²) >= 11 is 0.